The third kappa shape index (κ3) is 4.88. The zero-order chi connectivity index (χ0) is 24.4. The third-order valence-corrected chi connectivity index (χ3v) is 5.72. The van der Waals surface area contributed by atoms with Crippen molar-refractivity contribution in [2.45, 2.75) is 32.1 Å². The Morgan fingerprint density at radius 3 is 2.48 bits per heavy atom. The van der Waals surface area contributed by atoms with Gasteiger partial charge in [-0.25, -0.2) is 9.78 Å². The summed E-state index contributed by atoms with van der Waals surface area (Å²) in [5, 5.41) is 8.76. The number of anilines is 1. The molecule has 7 nitrogen and oxygen atoms in total. The van der Waals surface area contributed by atoms with Crippen LogP contribution in [0, 0.1) is 11.3 Å². The van der Waals surface area contributed by atoms with Gasteiger partial charge in [-0.3, -0.25) is 4.79 Å². The van der Waals surface area contributed by atoms with E-state index in [1.807, 2.05) is 6.07 Å². The number of nitrogens with zero attached hydrogens (tertiary/aromatic N) is 4. The van der Waals surface area contributed by atoms with Crippen molar-refractivity contribution in [1.82, 2.24) is 9.88 Å². The van der Waals surface area contributed by atoms with Crippen LogP contribution in [0.3, 0.4) is 0 Å². The van der Waals surface area contributed by atoms with E-state index in [0.29, 0.717) is 11.4 Å². The summed E-state index contributed by atoms with van der Waals surface area (Å²) in [7, 11) is 0. The van der Waals surface area contributed by atoms with E-state index in [-0.39, 0.29) is 36.8 Å². The number of alkyl halides is 3. The van der Waals surface area contributed by atoms with Gasteiger partial charge in [0.05, 0.1) is 30.8 Å². The van der Waals surface area contributed by atoms with Crippen LogP contribution in [0.4, 0.5) is 19.0 Å². The van der Waals surface area contributed by atoms with Crippen molar-refractivity contribution in [1.29, 1.82) is 5.26 Å². The first-order valence-electron chi connectivity index (χ1n) is 9.94. The summed E-state index contributed by atoms with van der Waals surface area (Å²) >= 11 is 6.09. The molecule has 1 aromatic carbocycles. The van der Waals surface area contributed by atoms with Crippen LogP contribution in [0.2, 0.25) is 5.02 Å². The van der Waals surface area contributed by atoms with Crippen molar-refractivity contribution in [3.8, 4) is 6.07 Å². The minimum atomic E-state index is -4.56. The Morgan fingerprint density at radius 1 is 1.30 bits per heavy atom. The van der Waals surface area contributed by atoms with Crippen molar-refractivity contribution in [3.05, 3.63) is 58.2 Å². The lowest BCUT2D eigenvalue weighted by Gasteiger charge is -2.53. The molecule has 0 spiro atoms. The molecule has 0 atom stereocenters. The largest absolute Gasteiger partial charge is 0.464 e. The minimum absolute atomic E-state index is 0.0581. The van der Waals surface area contributed by atoms with Crippen LogP contribution < -0.4 is 4.90 Å². The first kappa shape index (κ1) is 24.3. The molecule has 0 saturated carbocycles. The molecule has 1 aliphatic heterocycles. The summed E-state index contributed by atoms with van der Waals surface area (Å²) in [4.78, 5) is 32.7. The second kappa shape index (κ2) is 9.27. The number of benzene rings is 1. The van der Waals surface area contributed by atoms with Crippen LogP contribution in [-0.4, -0.2) is 47.0 Å². The highest BCUT2D eigenvalue weighted by Gasteiger charge is 2.56. The molecule has 1 amide bonds. The molecule has 2 aromatic rings. The van der Waals surface area contributed by atoms with Crippen molar-refractivity contribution in [2.24, 2.45) is 0 Å². The van der Waals surface area contributed by atoms with E-state index in [9.17, 15) is 22.8 Å². The molecule has 1 fully saturated rings. The highest BCUT2D eigenvalue weighted by atomic mass is 35.5. The smallest absolute Gasteiger partial charge is 0.416 e. The third-order valence-electron chi connectivity index (χ3n) is 5.37. The van der Waals surface area contributed by atoms with Gasteiger partial charge in [-0.2, -0.15) is 18.4 Å². The first-order chi connectivity index (χ1) is 15.5. The topological polar surface area (TPSA) is 86.5 Å². The molecule has 1 saturated heterocycles. The van der Waals surface area contributed by atoms with Crippen LogP contribution in [0.1, 0.15) is 30.5 Å². The Bertz CT molecular complexity index is 1090. The average Bonchev–Trinajstić information content (AvgIpc) is 2.73. The van der Waals surface area contributed by atoms with Gasteiger partial charge < -0.3 is 14.5 Å². The Hall–Kier alpha value is -3.32. The predicted molar refractivity (Wildman–Crippen MR) is 113 cm³/mol. The van der Waals surface area contributed by atoms with Crippen LogP contribution >= 0.6 is 11.6 Å². The molecule has 0 radical (unpaired) electrons. The van der Waals surface area contributed by atoms with Crippen molar-refractivity contribution < 1.29 is 27.5 Å². The Kier molecular flexibility index (Phi) is 6.84. The maximum atomic E-state index is 13.0. The monoisotopic (exact) mass is 480 g/mol. The molecule has 174 valence electrons. The molecule has 0 unspecified atom stereocenters. The molecule has 11 heteroatoms. The van der Waals surface area contributed by atoms with Crippen molar-refractivity contribution >= 4 is 29.3 Å². The number of ether oxygens (including phenoxy) is 1. The average molecular weight is 481 g/mol. The molecule has 0 N–H and O–H groups in total. The quantitative estimate of drug-likeness (QED) is 0.585. The lowest BCUT2D eigenvalue weighted by molar-refractivity contribution is -0.166. The number of hydrogen-bond acceptors (Lipinski definition) is 6. The second-order valence-electron chi connectivity index (χ2n) is 7.53. The van der Waals surface area contributed by atoms with Crippen molar-refractivity contribution in [3.63, 3.8) is 0 Å². The number of halogens is 4. The molecular formula is C22H20ClF3N4O3. The molecular weight excluding hydrogens is 461 g/mol. The van der Waals surface area contributed by atoms with Gasteiger partial charge in [-0.15, -0.1) is 0 Å². The molecule has 1 aromatic heterocycles. The highest BCUT2D eigenvalue weighted by molar-refractivity contribution is 6.31. The van der Waals surface area contributed by atoms with Crippen LogP contribution in [0.15, 0.2) is 36.5 Å². The zero-order valence-corrected chi connectivity index (χ0v) is 18.6. The second-order valence-corrected chi connectivity index (χ2v) is 7.94. The Morgan fingerprint density at radius 2 is 2.00 bits per heavy atom. The fraction of sp³-hybridized carbons (Fsp3) is 0.364. The van der Waals surface area contributed by atoms with Gasteiger partial charge >= 0.3 is 12.1 Å². The van der Waals surface area contributed by atoms with Crippen LogP contribution in [0.5, 0.6) is 0 Å². The van der Waals surface area contributed by atoms with E-state index in [4.69, 9.17) is 21.6 Å². The Labute approximate surface area is 193 Å². The zero-order valence-electron chi connectivity index (χ0n) is 17.8. The number of hydrogen-bond donors (Lipinski definition) is 0. The lowest BCUT2D eigenvalue weighted by atomic mass is 9.86. The minimum Gasteiger partial charge on any atom is -0.464 e. The summed E-state index contributed by atoms with van der Waals surface area (Å²) in [5.74, 6) is -0.593. The van der Waals surface area contributed by atoms with E-state index in [2.05, 4.69) is 4.98 Å². The number of esters is 1. The maximum absolute atomic E-state index is 13.0. The van der Waals surface area contributed by atoms with Gasteiger partial charge in [-0.1, -0.05) is 17.7 Å². The summed E-state index contributed by atoms with van der Waals surface area (Å²) in [6.45, 7) is 2.92. The van der Waals surface area contributed by atoms with E-state index in [0.717, 1.165) is 12.1 Å². The lowest BCUT2D eigenvalue weighted by Crippen LogP contribution is -2.75. The first-order valence-corrected chi connectivity index (χ1v) is 10.3. The number of carbonyl (C=O) groups is 2. The fourth-order valence-corrected chi connectivity index (χ4v) is 3.89. The van der Waals surface area contributed by atoms with Gasteiger partial charge in [-0.05, 0) is 36.8 Å². The number of nitriles is 1. The number of pyridine rings is 1. The van der Waals surface area contributed by atoms with E-state index in [1.165, 1.54) is 24.1 Å². The maximum Gasteiger partial charge on any atom is 0.416 e. The van der Waals surface area contributed by atoms with Gasteiger partial charge in [0.1, 0.15) is 11.9 Å². The Balaban J connectivity index is 1.91. The molecule has 2 heterocycles. The normalized spacial score (nSPS) is 14.8. The van der Waals surface area contributed by atoms with Gasteiger partial charge in [0.15, 0.2) is 5.54 Å². The summed E-state index contributed by atoms with van der Waals surface area (Å²) in [5.41, 5.74) is -1.65. The van der Waals surface area contributed by atoms with Crippen LogP contribution in [-0.2, 0) is 27.0 Å². The summed E-state index contributed by atoms with van der Waals surface area (Å²) in [6, 6.07) is 8.04. The molecule has 0 bridgehead atoms. The van der Waals surface area contributed by atoms with E-state index < -0.39 is 29.2 Å². The number of carbonyl (C=O) groups excluding carboxylic acids is 2. The van der Waals surface area contributed by atoms with E-state index in [1.54, 1.807) is 24.0 Å². The number of rotatable bonds is 6. The summed E-state index contributed by atoms with van der Waals surface area (Å²) in [6.07, 6.45) is -3.17. The predicted octanol–water partition coefficient (Wildman–Crippen LogP) is 3.80. The SMILES string of the molecule is CCOC(=O)C1(N(Cc2ccc(C(F)(F)F)cc2Cl)C(C)=O)CN(c2ccc(C#N)cn2)C1. The molecule has 33 heavy (non-hydrogen) atoms. The molecule has 3 rings (SSSR count). The van der Waals surface area contributed by atoms with Crippen molar-refractivity contribution in [2.75, 3.05) is 24.6 Å². The van der Waals surface area contributed by atoms with Gasteiger partial charge in [0.25, 0.3) is 0 Å². The highest BCUT2D eigenvalue weighted by Crippen LogP contribution is 2.36. The fourth-order valence-electron chi connectivity index (χ4n) is 3.65. The number of amides is 1. The molecule has 0 aliphatic carbocycles. The standard InChI is InChI=1S/C22H20ClF3N4O3/c1-3-33-20(32)21(12-29(13-21)19-7-4-15(9-27)10-28-19)30(14(2)31)11-16-5-6-17(8-18(16)23)22(24,25)26/h4-8,10H,3,11-13H2,1-2H3. The van der Waals surface area contributed by atoms with Gasteiger partial charge in [0, 0.05) is 24.7 Å². The number of aromatic nitrogens is 1. The van der Waals surface area contributed by atoms with Crippen LogP contribution in [0.25, 0.3) is 0 Å². The van der Waals surface area contributed by atoms with E-state index >= 15 is 0 Å². The molecule has 1 aliphatic rings. The van der Waals surface area contributed by atoms with Gasteiger partial charge in [0.2, 0.25) is 5.91 Å². The summed E-state index contributed by atoms with van der Waals surface area (Å²) < 4.78 is 44.1.